The topological polar surface area (TPSA) is 66.8 Å². The summed E-state index contributed by atoms with van der Waals surface area (Å²) in [7, 11) is -3.60. The van der Waals surface area contributed by atoms with Gasteiger partial charge >= 0.3 is 0 Å². The molecule has 21 heavy (non-hydrogen) atoms. The van der Waals surface area contributed by atoms with E-state index in [0.29, 0.717) is 24.5 Å². The third-order valence-electron chi connectivity index (χ3n) is 2.94. The molecule has 0 aliphatic heterocycles. The number of hydrogen-bond acceptors (Lipinski definition) is 4. The second-order valence-corrected chi connectivity index (χ2v) is 6.69. The molecule has 0 bridgehead atoms. The van der Waals surface area contributed by atoms with E-state index >= 15 is 0 Å². The van der Waals surface area contributed by atoms with E-state index in [0.717, 1.165) is 5.57 Å². The Labute approximate surface area is 126 Å². The fraction of sp³-hybridized carbons (Fsp3) is 0.467. The Morgan fingerprint density at radius 3 is 2.52 bits per heavy atom. The summed E-state index contributed by atoms with van der Waals surface area (Å²) in [4.78, 5) is 0.151. The molecule has 118 valence electrons. The van der Waals surface area contributed by atoms with E-state index in [-0.39, 0.29) is 18.0 Å². The van der Waals surface area contributed by atoms with Crippen molar-refractivity contribution in [2.45, 2.75) is 32.3 Å². The summed E-state index contributed by atoms with van der Waals surface area (Å²) in [6.07, 6.45) is 0. The fourth-order valence-corrected chi connectivity index (χ4v) is 3.51. The van der Waals surface area contributed by atoms with Gasteiger partial charge in [-0.2, -0.15) is 4.31 Å². The quantitative estimate of drug-likeness (QED) is 0.747. The highest BCUT2D eigenvalue weighted by Crippen LogP contribution is 2.25. The van der Waals surface area contributed by atoms with Gasteiger partial charge in [0.15, 0.2) is 0 Å². The Bertz CT molecular complexity index is 596. The summed E-state index contributed by atoms with van der Waals surface area (Å²) in [5, 5.41) is 9.37. The van der Waals surface area contributed by atoms with Gasteiger partial charge < -0.3 is 9.84 Å². The smallest absolute Gasteiger partial charge is 0.243 e. The number of nitrogens with zero attached hydrogens (tertiary/aromatic N) is 1. The van der Waals surface area contributed by atoms with Crippen molar-refractivity contribution in [2.24, 2.45) is 0 Å². The Kier molecular flexibility index (Phi) is 6.39. The molecule has 0 spiro atoms. The van der Waals surface area contributed by atoms with Crippen LogP contribution in [0.1, 0.15) is 26.3 Å². The van der Waals surface area contributed by atoms with Crippen LogP contribution < -0.4 is 4.74 Å². The van der Waals surface area contributed by atoms with Gasteiger partial charge in [-0.05, 0) is 32.0 Å². The standard InChI is InChI=1S/C15H23NO4S/c1-5-16(10-12(3)4)21(18,19)14-7-8-15(20-6-2)13(9-14)11-17/h7-9,17H,3,5-6,10-11H2,1-2,4H3. The van der Waals surface area contributed by atoms with Crippen molar-refractivity contribution in [1.82, 2.24) is 4.31 Å². The van der Waals surface area contributed by atoms with Crippen LogP contribution in [0.2, 0.25) is 0 Å². The molecule has 0 radical (unpaired) electrons. The molecule has 0 atom stereocenters. The van der Waals surface area contributed by atoms with E-state index in [4.69, 9.17) is 4.74 Å². The van der Waals surface area contributed by atoms with Crippen LogP contribution in [-0.2, 0) is 16.6 Å². The lowest BCUT2D eigenvalue weighted by atomic mass is 10.2. The number of rotatable bonds is 8. The molecule has 0 aromatic heterocycles. The van der Waals surface area contributed by atoms with Crippen LogP contribution in [-0.4, -0.2) is 37.5 Å². The Balaban J connectivity index is 3.21. The van der Waals surface area contributed by atoms with Crippen molar-refractivity contribution in [3.8, 4) is 5.75 Å². The number of benzene rings is 1. The van der Waals surface area contributed by atoms with Crippen LogP contribution in [0, 0.1) is 0 Å². The molecule has 1 aromatic carbocycles. The van der Waals surface area contributed by atoms with E-state index in [1.54, 1.807) is 19.9 Å². The van der Waals surface area contributed by atoms with E-state index in [9.17, 15) is 13.5 Å². The molecular weight excluding hydrogens is 290 g/mol. The third kappa shape index (κ3) is 4.30. The van der Waals surface area contributed by atoms with E-state index in [1.165, 1.54) is 16.4 Å². The molecule has 1 N–H and O–H groups in total. The molecular formula is C15H23NO4S. The predicted molar refractivity (Wildman–Crippen MR) is 82.8 cm³/mol. The van der Waals surface area contributed by atoms with Gasteiger partial charge in [-0.1, -0.05) is 19.1 Å². The van der Waals surface area contributed by atoms with Gasteiger partial charge in [0.05, 0.1) is 18.1 Å². The molecule has 0 unspecified atom stereocenters. The van der Waals surface area contributed by atoms with Crippen molar-refractivity contribution in [2.75, 3.05) is 19.7 Å². The van der Waals surface area contributed by atoms with Crippen LogP contribution in [0.4, 0.5) is 0 Å². The molecule has 0 saturated heterocycles. The van der Waals surface area contributed by atoms with Gasteiger partial charge in [0.1, 0.15) is 5.75 Å². The summed E-state index contributed by atoms with van der Waals surface area (Å²) in [5.74, 6) is 0.502. The van der Waals surface area contributed by atoms with E-state index < -0.39 is 10.0 Å². The number of aliphatic hydroxyl groups excluding tert-OH is 1. The van der Waals surface area contributed by atoms with Crippen LogP contribution in [0.15, 0.2) is 35.2 Å². The molecule has 1 aromatic rings. The van der Waals surface area contributed by atoms with Crippen molar-refractivity contribution in [3.63, 3.8) is 0 Å². The molecule has 0 aliphatic rings. The van der Waals surface area contributed by atoms with Crippen molar-refractivity contribution < 1.29 is 18.3 Å². The van der Waals surface area contributed by atoms with Crippen molar-refractivity contribution in [1.29, 1.82) is 0 Å². The normalized spacial score (nSPS) is 11.7. The maximum absolute atomic E-state index is 12.6. The van der Waals surface area contributed by atoms with Crippen molar-refractivity contribution in [3.05, 3.63) is 35.9 Å². The fourth-order valence-electron chi connectivity index (χ4n) is 1.95. The zero-order chi connectivity index (χ0) is 16.0. The molecule has 0 saturated carbocycles. The summed E-state index contributed by atoms with van der Waals surface area (Å²) in [6.45, 7) is 9.97. The molecule has 5 nitrogen and oxygen atoms in total. The highest BCUT2D eigenvalue weighted by atomic mass is 32.2. The number of ether oxygens (including phenoxy) is 1. The van der Waals surface area contributed by atoms with Gasteiger partial charge in [0, 0.05) is 18.7 Å². The maximum atomic E-state index is 12.6. The lowest BCUT2D eigenvalue weighted by molar-refractivity contribution is 0.266. The molecule has 0 aliphatic carbocycles. The van der Waals surface area contributed by atoms with Gasteiger partial charge in [0.2, 0.25) is 10.0 Å². The van der Waals surface area contributed by atoms with Gasteiger partial charge in [-0.25, -0.2) is 8.42 Å². The van der Waals surface area contributed by atoms with Crippen LogP contribution >= 0.6 is 0 Å². The monoisotopic (exact) mass is 313 g/mol. The zero-order valence-electron chi connectivity index (χ0n) is 12.8. The first-order valence-corrected chi connectivity index (χ1v) is 8.31. The largest absolute Gasteiger partial charge is 0.494 e. The lowest BCUT2D eigenvalue weighted by Crippen LogP contribution is -2.32. The van der Waals surface area contributed by atoms with Crippen molar-refractivity contribution >= 4 is 10.0 Å². The maximum Gasteiger partial charge on any atom is 0.243 e. The number of aliphatic hydroxyl groups is 1. The molecule has 6 heteroatoms. The summed E-state index contributed by atoms with van der Waals surface area (Å²) < 4.78 is 31.9. The van der Waals surface area contributed by atoms with Gasteiger partial charge in [0.25, 0.3) is 0 Å². The highest BCUT2D eigenvalue weighted by molar-refractivity contribution is 7.89. The number of likely N-dealkylation sites (N-methyl/N-ethyl adjacent to an activating group) is 1. The predicted octanol–water partition coefficient (Wildman–Crippen LogP) is 2.16. The lowest BCUT2D eigenvalue weighted by Gasteiger charge is -2.21. The number of hydrogen-bond donors (Lipinski definition) is 1. The minimum absolute atomic E-state index is 0.151. The summed E-state index contributed by atoms with van der Waals surface area (Å²) in [6, 6.07) is 4.54. The van der Waals surface area contributed by atoms with Gasteiger partial charge in [-0.3, -0.25) is 0 Å². The van der Waals surface area contributed by atoms with Crippen LogP contribution in [0.3, 0.4) is 0 Å². The number of sulfonamides is 1. The minimum Gasteiger partial charge on any atom is -0.494 e. The average Bonchev–Trinajstić information content (AvgIpc) is 2.44. The van der Waals surface area contributed by atoms with Crippen LogP contribution in [0.5, 0.6) is 5.75 Å². The molecule has 0 heterocycles. The van der Waals surface area contributed by atoms with Gasteiger partial charge in [-0.15, -0.1) is 0 Å². The second kappa shape index (κ2) is 7.59. The third-order valence-corrected chi connectivity index (χ3v) is 4.86. The first-order chi connectivity index (χ1) is 9.86. The Hall–Kier alpha value is -1.37. The van der Waals surface area contributed by atoms with E-state index in [1.807, 2.05) is 6.92 Å². The Morgan fingerprint density at radius 1 is 1.38 bits per heavy atom. The van der Waals surface area contributed by atoms with Crippen LogP contribution in [0.25, 0.3) is 0 Å². The minimum atomic E-state index is -3.60. The molecule has 0 fully saturated rings. The first-order valence-electron chi connectivity index (χ1n) is 6.87. The Morgan fingerprint density at radius 2 is 2.05 bits per heavy atom. The zero-order valence-corrected chi connectivity index (χ0v) is 13.6. The molecule has 0 amide bonds. The van der Waals surface area contributed by atoms with E-state index in [2.05, 4.69) is 6.58 Å². The molecule has 1 rings (SSSR count). The average molecular weight is 313 g/mol. The summed E-state index contributed by atoms with van der Waals surface area (Å²) in [5.41, 5.74) is 1.23. The highest BCUT2D eigenvalue weighted by Gasteiger charge is 2.24. The summed E-state index contributed by atoms with van der Waals surface area (Å²) >= 11 is 0. The SMILES string of the molecule is C=C(C)CN(CC)S(=O)(=O)c1ccc(OCC)c(CO)c1. The first kappa shape index (κ1) is 17.7. The second-order valence-electron chi connectivity index (χ2n) is 4.75.